The smallest absolute Gasteiger partial charge is 0.310 e. The molecule has 0 unspecified atom stereocenters. The zero-order valence-corrected chi connectivity index (χ0v) is 14.5. The normalized spacial score (nSPS) is 10.6. The second-order valence-electron chi connectivity index (χ2n) is 6.00. The van der Waals surface area contributed by atoms with Crippen LogP contribution in [-0.4, -0.2) is 28.4 Å². The summed E-state index contributed by atoms with van der Waals surface area (Å²) in [5, 5.41) is 14.2. The van der Waals surface area contributed by atoms with Gasteiger partial charge in [0.25, 0.3) is 11.6 Å². The Morgan fingerprint density at radius 1 is 1.22 bits per heavy atom. The van der Waals surface area contributed by atoms with E-state index < -0.39 is 23.4 Å². The molecule has 2 N–H and O–H groups in total. The first kappa shape index (κ1) is 18.1. The Balaban J connectivity index is 1.54. The second kappa shape index (κ2) is 7.69. The quantitative estimate of drug-likeness (QED) is 0.395. The van der Waals surface area contributed by atoms with Crippen LogP contribution in [0.3, 0.4) is 0 Å². The molecule has 0 fully saturated rings. The minimum Gasteiger partial charge on any atom is -0.455 e. The molecule has 0 aliphatic carbocycles. The summed E-state index contributed by atoms with van der Waals surface area (Å²) in [7, 11) is 0. The third kappa shape index (κ3) is 4.30. The van der Waals surface area contributed by atoms with E-state index in [0.29, 0.717) is 11.3 Å². The van der Waals surface area contributed by atoms with Crippen LogP contribution in [0.5, 0.6) is 0 Å². The maximum Gasteiger partial charge on any atom is 0.310 e. The molecule has 1 heterocycles. The Hall–Kier alpha value is -3.68. The fourth-order valence-corrected chi connectivity index (χ4v) is 2.72. The highest BCUT2D eigenvalue weighted by Crippen LogP contribution is 2.21. The van der Waals surface area contributed by atoms with Gasteiger partial charge in [0.2, 0.25) is 0 Å². The number of nitro benzene ring substituents is 1. The number of aryl methyl sites for hydroxylation is 1. The van der Waals surface area contributed by atoms with Gasteiger partial charge >= 0.3 is 5.97 Å². The van der Waals surface area contributed by atoms with Gasteiger partial charge in [0, 0.05) is 34.9 Å². The van der Waals surface area contributed by atoms with Crippen molar-refractivity contribution in [1.82, 2.24) is 4.98 Å². The maximum atomic E-state index is 12.0. The zero-order chi connectivity index (χ0) is 19.4. The van der Waals surface area contributed by atoms with Crippen LogP contribution >= 0.6 is 0 Å². The predicted octanol–water partition coefficient (Wildman–Crippen LogP) is 3.11. The van der Waals surface area contributed by atoms with E-state index in [1.165, 1.54) is 18.2 Å². The predicted molar refractivity (Wildman–Crippen MR) is 99.4 cm³/mol. The number of anilines is 1. The number of carbonyl (C=O) groups is 2. The lowest BCUT2D eigenvalue weighted by molar-refractivity contribution is -0.384. The molecule has 0 aliphatic heterocycles. The van der Waals surface area contributed by atoms with Crippen LogP contribution in [-0.2, 0) is 20.7 Å². The molecular formula is C19H17N3O5. The monoisotopic (exact) mass is 367 g/mol. The maximum absolute atomic E-state index is 12.0. The number of ether oxygens (including phenoxy) is 1. The molecule has 1 aromatic heterocycles. The molecule has 8 nitrogen and oxygen atoms in total. The largest absolute Gasteiger partial charge is 0.455 e. The Kier molecular flexibility index (Phi) is 5.16. The number of para-hydroxylation sites is 1. The van der Waals surface area contributed by atoms with Crippen LogP contribution in [0.2, 0.25) is 0 Å². The first-order chi connectivity index (χ1) is 12.9. The average Bonchev–Trinajstić information content (AvgIpc) is 3.04. The molecule has 0 aliphatic rings. The Morgan fingerprint density at radius 3 is 2.74 bits per heavy atom. The molecule has 2 aromatic carbocycles. The van der Waals surface area contributed by atoms with Crippen molar-refractivity contribution < 1.29 is 19.2 Å². The molecule has 0 spiro atoms. The number of aromatic amines is 1. The van der Waals surface area contributed by atoms with Gasteiger partial charge in [-0.2, -0.15) is 0 Å². The van der Waals surface area contributed by atoms with Crippen molar-refractivity contribution in [2.45, 2.75) is 13.3 Å². The summed E-state index contributed by atoms with van der Waals surface area (Å²) < 4.78 is 5.03. The van der Waals surface area contributed by atoms with Crippen molar-refractivity contribution in [3.8, 4) is 0 Å². The molecule has 3 aromatic rings. The number of aromatic nitrogens is 1. The summed E-state index contributed by atoms with van der Waals surface area (Å²) in [5.41, 5.74) is 2.63. The molecule has 0 saturated carbocycles. The fourth-order valence-electron chi connectivity index (χ4n) is 2.72. The van der Waals surface area contributed by atoms with Crippen molar-refractivity contribution >= 4 is 34.2 Å². The van der Waals surface area contributed by atoms with Gasteiger partial charge in [-0.05, 0) is 30.2 Å². The Labute approximate surface area is 154 Å². The molecule has 27 heavy (non-hydrogen) atoms. The van der Waals surface area contributed by atoms with Gasteiger partial charge in [-0.15, -0.1) is 0 Å². The van der Waals surface area contributed by atoms with E-state index in [-0.39, 0.29) is 12.1 Å². The highest BCUT2D eigenvalue weighted by Gasteiger charge is 2.13. The number of hydrogen-bond donors (Lipinski definition) is 2. The summed E-state index contributed by atoms with van der Waals surface area (Å²) in [6.07, 6.45) is 1.79. The van der Waals surface area contributed by atoms with Gasteiger partial charge in [0.1, 0.15) is 0 Å². The van der Waals surface area contributed by atoms with E-state index in [2.05, 4.69) is 10.3 Å². The van der Waals surface area contributed by atoms with Gasteiger partial charge < -0.3 is 15.0 Å². The lowest BCUT2D eigenvalue weighted by Gasteiger charge is -2.09. The van der Waals surface area contributed by atoms with Crippen molar-refractivity contribution in [2.24, 2.45) is 0 Å². The van der Waals surface area contributed by atoms with Gasteiger partial charge in [-0.3, -0.25) is 19.7 Å². The van der Waals surface area contributed by atoms with E-state index in [1.807, 2.05) is 24.3 Å². The molecule has 0 bridgehead atoms. The number of H-pyrrole nitrogens is 1. The molecule has 3 rings (SSSR count). The van der Waals surface area contributed by atoms with Crippen LogP contribution < -0.4 is 5.32 Å². The third-order valence-corrected chi connectivity index (χ3v) is 4.07. The summed E-state index contributed by atoms with van der Waals surface area (Å²) in [4.78, 5) is 37.3. The minimum absolute atomic E-state index is 0.0495. The highest BCUT2D eigenvalue weighted by molar-refractivity contribution is 5.94. The number of carbonyl (C=O) groups excluding carboxylic acids is 2. The molecule has 0 atom stereocenters. The number of rotatable bonds is 6. The number of nitro groups is 1. The second-order valence-corrected chi connectivity index (χ2v) is 6.00. The first-order valence-corrected chi connectivity index (χ1v) is 8.19. The number of nitrogens with zero attached hydrogens (tertiary/aromatic N) is 1. The molecular weight excluding hydrogens is 350 g/mol. The van der Waals surface area contributed by atoms with Gasteiger partial charge in [0.15, 0.2) is 6.61 Å². The number of esters is 1. The molecule has 0 radical (unpaired) electrons. The van der Waals surface area contributed by atoms with E-state index in [4.69, 9.17) is 4.74 Å². The number of non-ortho nitro benzene ring substituents is 1. The summed E-state index contributed by atoms with van der Waals surface area (Å²) >= 11 is 0. The number of amides is 1. The van der Waals surface area contributed by atoms with Crippen molar-refractivity contribution in [1.29, 1.82) is 0 Å². The van der Waals surface area contributed by atoms with E-state index in [0.717, 1.165) is 16.5 Å². The summed E-state index contributed by atoms with van der Waals surface area (Å²) in [6, 6.07) is 11.7. The van der Waals surface area contributed by atoms with Crippen molar-refractivity contribution in [3.63, 3.8) is 0 Å². The van der Waals surface area contributed by atoms with E-state index in [9.17, 15) is 19.7 Å². The average molecular weight is 367 g/mol. The lowest BCUT2D eigenvalue weighted by atomic mass is 10.1. The summed E-state index contributed by atoms with van der Waals surface area (Å²) in [6.45, 7) is 1.21. The van der Waals surface area contributed by atoms with Gasteiger partial charge in [-0.1, -0.05) is 18.2 Å². The molecule has 138 valence electrons. The van der Waals surface area contributed by atoms with Crippen LogP contribution in [0.1, 0.15) is 11.1 Å². The molecule has 0 saturated heterocycles. The minimum atomic E-state index is -0.518. The lowest BCUT2D eigenvalue weighted by Crippen LogP contribution is -2.22. The Morgan fingerprint density at radius 2 is 2.00 bits per heavy atom. The standard InChI is InChI=1S/C19H17N3O5/c1-12-8-14(22(25)26)6-7-16(12)21-18(23)11-27-19(24)9-13-10-20-17-5-3-2-4-15(13)17/h2-8,10,20H,9,11H2,1H3,(H,21,23). The number of fused-ring (bicyclic) bond motifs is 1. The molecule has 8 heteroatoms. The highest BCUT2D eigenvalue weighted by atomic mass is 16.6. The number of benzene rings is 2. The first-order valence-electron chi connectivity index (χ1n) is 8.19. The van der Waals surface area contributed by atoms with Gasteiger partial charge in [0.05, 0.1) is 11.3 Å². The topological polar surface area (TPSA) is 114 Å². The van der Waals surface area contributed by atoms with E-state index >= 15 is 0 Å². The fraction of sp³-hybridized carbons (Fsp3) is 0.158. The van der Waals surface area contributed by atoms with Crippen LogP contribution in [0.15, 0.2) is 48.7 Å². The summed E-state index contributed by atoms with van der Waals surface area (Å²) in [5.74, 6) is -1.03. The third-order valence-electron chi connectivity index (χ3n) is 4.07. The van der Waals surface area contributed by atoms with Crippen LogP contribution in [0, 0.1) is 17.0 Å². The number of hydrogen-bond acceptors (Lipinski definition) is 5. The number of nitrogens with one attached hydrogen (secondary N) is 2. The SMILES string of the molecule is Cc1cc([N+](=O)[O-])ccc1NC(=O)COC(=O)Cc1c[nH]c2ccccc12. The van der Waals surface area contributed by atoms with Crippen molar-refractivity contribution in [2.75, 3.05) is 11.9 Å². The van der Waals surface area contributed by atoms with Gasteiger partial charge in [-0.25, -0.2) is 0 Å². The van der Waals surface area contributed by atoms with Crippen molar-refractivity contribution in [3.05, 3.63) is 69.9 Å². The van der Waals surface area contributed by atoms with Crippen LogP contribution in [0.25, 0.3) is 10.9 Å². The Bertz CT molecular complexity index is 1030. The zero-order valence-electron chi connectivity index (χ0n) is 14.5. The van der Waals surface area contributed by atoms with Crippen LogP contribution in [0.4, 0.5) is 11.4 Å². The molecule has 1 amide bonds. The van der Waals surface area contributed by atoms with E-state index in [1.54, 1.807) is 13.1 Å².